The Morgan fingerprint density at radius 1 is 1.47 bits per heavy atom. The Labute approximate surface area is 113 Å². The molecule has 1 amide bonds. The van der Waals surface area contributed by atoms with Crippen molar-refractivity contribution in [2.75, 3.05) is 7.11 Å². The van der Waals surface area contributed by atoms with E-state index in [-0.39, 0.29) is 18.1 Å². The highest BCUT2D eigenvalue weighted by Crippen LogP contribution is 2.10. The van der Waals surface area contributed by atoms with E-state index >= 15 is 0 Å². The fourth-order valence-electron chi connectivity index (χ4n) is 1.35. The summed E-state index contributed by atoms with van der Waals surface area (Å²) in [5.74, 6) is -0.719. The molecule has 0 saturated heterocycles. The van der Waals surface area contributed by atoms with Gasteiger partial charge in [0.05, 0.1) is 19.2 Å². The summed E-state index contributed by atoms with van der Waals surface area (Å²) in [4.78, 5) is 30.9. The number of esters is 1. The molecule has 0 aliphatic heterocycles. The van der Waals surface area contributed by atoms with E-state index in [0.717, 1.165) is 0 Å². The minimum Gasteiger partial charge on any atom is -0.464 e. The Hall–Kier alpha value is -2.28. The molecule has 0 aliphatic rings. The number of hydrogen-bond acceptors (Lipinski definition) is 6. The second-order valence-electron chi connectivity index (χ2n) is 3.54. The number of nitrogens with zero attached hydrogens (tertiary/aromatic N) is 2. The van der Waals surface area contributed by atoms with Gasteiger partial charge in [0.1, 0.15) is 5.01 Å². The lowest BCUT2D eigenvalue weighted by atomic mass is 10.3. The Balaban J connectivity index is 1.94. The highest BCUT2D eigenvalue weighted by Gasteiger charge is 2.11. The van der Waals surface area contributed by atoms with E-state index < -0.39 is 5.97 Å². The van der Waals surface area contributed by atoms with Gasteiger partial charge in [0.15, 0.2) is 5.69 Å². The average molecular weight is 277 g/mol. The number of rotatable bonds is 4. The molecule has 0 radical (unpaired) electrons. The maximum absolute atomic E-state index is 11.7. The largest absolute Gasteiger partial charge is 0.464 e. The number of amides is 1. The second kappa shape index (κ2) is 6.05. The van der Waals surface area contributed by atoms with Crippen LogP contribution >= 0.6 is 11.3 Å². The Morgan fingerprint density at radius 2 is 2.32 bits per heavy atom. The molecule has 0 spiro atoms. The lowest BCUT2D eigenvalue weighted by Crippen LogP contribution is -2.22. The van der Waals surface area contributed by atoms with E-state index in [1.54, 1.807) is 23.7 Å². The van der Waals surface area contributed by atoms with E-state index in [1.165, 1.54) is 24.6 Å². The van der Waals surface area contributed by atoms with E-state index in [9.17, 15) is 9.59 Å². The van der Waals surface area contributed by atoms with E-state index in [0.29, 0.717) is 10.6 Å². The quantitative estimate of drug-likeness (QED) is 0.851. The molecule has 7 heteroatoms. The van der Waals surface area contributed by atoms with Crippen LogP contribution in [0.2, 0.25) is 0 Å². The number of ether oxygens (including phenoxy) is 1. The first-order chi connectivity index (χ1) is 9.20. The average Bonchev–Trinajstić information content (AvgIpc) is 2.93. The molecule has 1 N–H and O–H groups in total. The lowest BCUT2D eigenvalue weighted by Gasteiger charge is -2.01. The maximum Gasteiger partial charge on any atom is 0.357 e. The van der Waals surface area contributed by atoms with Gasteiger partial charge in [-0.05, 0) is 12.1 Å². The molecule has 0 saturated carbocycles. The van der Waals surface area contributed by atoms with Gasteiger partial charge in [0.25, 0.3) is 5.91 Å². The van der Waals surface area contributed by atoms with Gasteiger partial charge in [-0.15, -0.1) is 11.3 Å². The summed E-state index contributed by atoms with van der Waals surface area (Å²) in [5, 5.41) is 4.93. The van der Waals surface area contributed by atoms with Crippen molar-refractivity contribution < 1.29 is 14.3 Å². The summed E-state index contributed by atoms with van der Waals surface area (Å²) in [5.41, 5.74) is 0.727. The van der Waals surface area contributed by atoms with Crippen molar-refractivity contribution in [1.29, 1.82) is 0 Å². The molecular weight excluding hydrogens is 266 g/mol. The number of hydrogen-bond donors (Lipinski definition) is 1. The Kier molecular flexibility index (Phi) is 4.19. The smallest absolute Gasteiger partial charge is 0.357 e. The first-order valence-corrected chi connectivity index (χ1v) is 6.29. The molecule has 0 bridgehead atoms. The maximum atomic E-state index is 11.7. The molecule has 0 atom stereocenters. The van der Waals surface area contributed by atoms with Crippen LogP contribution in [0.1, 0.15) is 25.9 Å². The topological polar surface area (TPSA) is 81.2 Å². The van der Waals surface area contributed by atoms with E-state index in [4.69, 9.17) is 0 Å². The first kappa shape index (κ1) is 13.2. The molecule has 19 heavy (non-hydrogen) atoms. The van der Waals surface area contributed by atoms with Crippen LogP contribution in [0.5, 0.6) is 0 Å². The third-order valence-corrected chi connectivity index (χ3v) is 3.12. The van der Waals surface area contributed by atoms with Crippen molar-refractivity contribution in [2.24, 2.45) is 0 Å². The summed E-state index contributed by atoms with van der Waals surface area (Å²) in [6, 6.07) is 3.36. The lowest BCUT2D eigenvalue weighted by molar-refractivity contribution is 0.0594. The SMILES string of the molecule is COC(=O)c1csc(CNC(=O)c2cccnc2)n1. The number of carbonyl (C=O) groups excluding carboxylic acids is 2. The van der Waals surface area contributed by atoms with Crippen LogP contribution in [0.15, 0.2) is 29.9 Å². The fraction of sp³-hybridized carbons (Fsp3) is 0.167. The number of thiazole rings is 1. The predicted octanol–water partition coefficient (Wildman–Crippen LogP) is 1.25. The molecule has 2 aromatic heterocycles. The van der Waals surface area contributed by atoms with Gasteiger partial charge < -0.3 is 10.1 Å². The zero-order valence-electron chi connectivity index (χ0n) is 10.1. The van der Waals surface area contributed by atoms with E-state index in [1.807, 2.05) is 0 Å². The van der Waals surface area contributed by atoms with Crippen molar-refractivity contribution in [3.8, 4) is 0 Å². The van der Waals surface area contributed by atoms with Gasteiger partial charge in [-0.2, -0.15) is 0 Å². The van der Waals surface area contributed by atoms with Gasteiger partial charge >= 0.3 is 5.97 Å². The molecule has 98 valence electrons. The van der Waals surface area contributed by atoms with Gasteiger partial charge in [-0.25, -0.2) is 9.78 Å². The van der Waals surface area contributed by atoms with Gasteiger partial charge in [0.2, 0.25) is 0 Å². The molecule has 6 nitrogen and oxygen atoms in total. The van der Waals surface area contributed by atoms with Crippen molar-refractivity contribution >= 4 is 23.2 Å². The molecule has 0 unspecified atom stereocenters. The van der Waals surface area contributed by atoms with Crippen LogP contribution in [-0.2, 0) is 11.3 Å². The normalized spacial score (nSPS) is 9.95. The minimum atomic E-state index is -0.485. The first-order valence-electron chi connectivity index (χ1n) is 5.41. The zero-order chi connectivity index (χ0) is 13.7. The summed E-state index contributed by atoms with van der Waals surface area (Å²) in [6.45, 7) is 0.259. The van der Waals surface area contributed by atoms with Crippen molar-refractivity contribution in [3.05, 3.63) is 46.2 Å². The van der Waals surface area contributed by atoms with Gasteiger partial charge in [-0.3, -0.25) is 9.78 Å². The number of pyridine rings is 1. The van der Waals surface area contributed by atoms with Crippen molar-refractivity contribution in [3.63, 3.8) is 0 Å². The number of nitrogens with one attached hydrogen (secondary N) is 1. The Bertz CT molecular complexity index is 583. The number of methoxy groups -OCH3 is 1. The second-order valence-corrected chi connectivity index (χ2v) is 4.49. The highest BCUT2D eigenvalue weighted by molar-refractivity contribution is 7.09. The van der Waals surface area contributed by atoms with Crippen molar-refractivity contribution in [1.82, 2.24) is 15.3 Å². The van der Waals surface area contributed by atoms with Gasteiger partial charge in [0, 0.05) is 17.8 Å². The van der Waals surface area contributed by atoms with E-state index in [2.05, 4.69) is 20.0 Å². The zero-order valence-corrected chi connectivity index (χ0v) is 10.9. The monoisotopic (exact) mass is 277 g/mol. The van der Waals surface area contributed by atoms with Crippen molar-refractivity contribution in [2.45, 2.75) is 6.54 Å². The van der Waals surface area contributed by atoms with Crippen LogP contribution in [-0.4, -0.2) is 29.0 Å². The van der Waals surface area contributed by atoms with Crippen LogP contribution in [0, 0.1) is 0 Å². The number of carbonyl (C=O) groups is 2. The predicted molar refractivity (Wildman–Crippen MR) is 68.9 cm³/mol. The molecule has 2 heterocycles. The third-order valence-electron chi connectivity index (χ3n) is 2.27. The third kappa shape index (κ3) is 3.35. The fourth-order valence-corrected chi connectivity index (χ4v) is 2.05. The molecule has 0 aromatic carbocycles. The van der Waals surface area contributed by atoms with Crippen LogP contribution in [0.25, 0.3) is 0 Å². The minimum absolute atomic E-state index is 0.233. The summed E-state index contributed by atoms with van der Waals surface area (Å²) in [6.07, 6.45) is 3.08. The molecule has 0 fully saturated rings. The standard InChI is InChI=1S/C12H11N3O3S/c1-18-12(17)9-7-19-10(15-9)6-14-11(16)8-3-2-4-13-5-8/h2-5,7H,6H2,1H3,(H,14,16). The molecule has 2 rings (SSSR count). The summed E-state index contributed by atoms with van der Waals surface area (Å²) >= 11 is 1.29. The Morgan fingerprint density at radius 3 is 3.00 bits per heavy atom. The number of aromatic nitrogens is 2. The molecule has 0 aliphatic carbocycles. The molecular formula is C12H11N3O3S. The summed E-state index contributed by atoms with van der Waals surface area (Å²) in [7, 11) is 1.30. The van der Waals surface area contributed by atoms with Crippen LogP contribution < -0.4 is 5.32 Å². The van der Waals surface area contributed by atoms with Crippen LogP contribution in [0.4, 0.5) is 0 Å². The summed E-state index contributed by atoms with van der Waals surface area (Å²) < 4.78 is 4.55. The van der Waals surface area contributed by atoms with Gasteiger partial charge in [-0.1, -0.05) is 0 Å². The van der Waals surface area contributed by atoms with Crippen LogP contribution in [0.3, 0.4) is 0 Å². The molecule has 2 aromatic rings. The highest BCUT2D eigenvalue weighted by atomic mass is 32.1.